The monoisotopic (exact) mass is 628 g/mol. The summed E-state index contributed by atoms with van der Waals surface area (Å²) >= 11 is 1.28. The summed E-state index contributed by atoms with van der Waals surface area (Å²) in [6.45, 7) is 0. The normalized spacial score (nSPS) is 11.0. The number of thiophene rings is 1. The number of carbonyl (C=O) groups excluding carboxylic acids is 1. The molecule has 5 aromatic rings. The van der Waals surface area contributed by atoms with Gasteiger partial charge in [0.1, 0.15) is 11.3 Å². The minimum Gasteiger partial charge on any atom is -0.506 e. The number of rotatable bonds is 2. The van der Waals surface area contributed by atoms with Gasteiger partial charge in [0.05, 0.1) is 10.9 Å². The fraction of sp³-hybridized carbons (Fsp3) is 0.0435. The Bertz CT molecular complexity index is 1580. The molecule has 3 aromatic carbocycles. The van der Waals surface area contributed by atoms with Crippen molar-refractivity contribution in [2.75, 3.05) is 0 Å². The van der Waals surface area contributed by atoms with E-state index in [1.807, 2.05) is 24.3 Å². The average Bonchev–Trinajstić information content (AvgIpc) is 3.12. The second kappa shape index (κ2) is 10.2. The topological polar surface area (TPSA) is 122 Å². The molecule has 0 aliphatic heterocycles. The van der Waals surface area contributed by atoms with Crippen LogP contribution < -0.4 is 5.56 Å². The van der Waals surface area contributed by atoms with Crippen molar-refractivity contribution in [3.8, 4) is 11.4 Å². The molecule has 2 aromatic heterocycles. The molecule has 0 bridgehead atoms. The summed E-state index contributed by atoms with van der Waals surface area (Å²) in [6, 6.07) is 18.8. The van der Waals surface area contributed by atoms with Gasteiger partial charge in [0.2, 0.25) is 0 Å². The third-order valence-electron chi connectivity index (χ3n) is 5.16. The number of hydrogen-bond donors (Lipinski definition) is 1. The van der Waals surface area contributed by atoms with Crippen LogP contribution in [0.1, 0.15) is 10.4 Å². The zero-order valence-corrected chi connectivity index (χ0v) is 20.2. The van der Waals surface area contributed by atoms with E-state index >= 15 is 0 Å². The van der Waals surface area contributed by atoms with Crippen molar-refractivity contribution >= 4 is 48.2 Å². The van der Waals surface area contributed by atoms with Gasteiger partial charge in [-0.2, -0.15) is 13.2 Å². The van der Waals surface area contributed by atoms with Gasteiger partial charge in [-0.15, -0.1) is 11.3 Å². The van der Waals surface area contributed by atoms with E-state index in [0.29, 0.717) is 10.1 Å². The first-order valence-corrected chi connectivity index (χ1v) is 9.99. The Morgan fingerprint density at radius 2 is 1.50 bits per heavy atom. The van der Waals surface area contributed by atoms with E-state index in [4.69, 9.17) is 0 Å². The number of ketones is 1. The van der Waals surface area contributed by atoms with Crippen molar-refractivity contribution in [2.45, 2.75) is 6.18 Å². The van der Waals surface area contributed by atoms with Crippen molar-refractivity contribution in [3.05, 3.63) is 82.6 Å². The van der Waals surface area contributed by atoms with Crippen LogP contribution in [0.2, 0.25) is 0 Å². The summed E-state index contributed by atoms with van der Waals surface area (Å²) in [6.07, 6.45) is -5.31. The van der Waals surface area contributed by atoms with E-state index in [9.17, 15) is 27.9 Å². The van der Waals surface area contributed by atoms with Crippen molar-refractivity contribution in [3.63, 3.8) is 0 Å². The van der Waals surface area contributed by atoms with Gasteiger partial charge in [-0.25, -0.2) is 0 Å². The summed E-state index contributed by atoms with van der Waals surface area (Å²) in [7, 11) is 0. The van der Waals surface area contributed by atoms with Crippen molar-refractivity contribution in [2.24, 2.45) is 0 Å². The molecule has 0 amide bonds. The van der Waals surface area contributed by atoms with Crippen LogP contribution in [-0.2, 0) is 0 Å². The Morgan fingerprint density at radius 3 is 2.15 bits per heavy atom. The van der Waals surface area contributed by atoms with Crippen molar-refractivity contribution in [1.82, 2.24) is 4.57 Å². The van der Waals surface area contributed by atoms with Gasteiger partial charge >= 0.3 is 6.18 Å². The Kier molecular flexibility index (Phi) is 8.45. The molecule has 177 valence electrons. The molecule has 0 aliphatic carbocycles. The Labute approximate surface area is 234 Å². The van der Waals surface area contributed by atoms with Crippen LogP contribution in [0.25, 0.3) is 36.8 Å². The van der Waals surface area contributed by atoms with Gasteiger partial charge in [0.15, 0.2) is 0 Å². The molecule has 11 heteroatoms. The maximum atomic E-state index is 13.3. The standard InChI is InChI=1S/C23H12F3NO3S.Eu.2H2O/c24-23(25,26)21(29)18-19(28)17-15(27(22(18)30)12-6-2-1-3-7-12)11-10-14-13-8-4-5-9-16(13)31-20(14)17;;;/h1-11,28H;;2*1H2. The smallest absolute Gasteiger partial charge is 0.455 e. The Morgan fingerprint density at radius 1 is 0.882 bits per heavy atom. The molecule has 1 radical (unpaired) electrons. The number of alkyl halides is 3. The first-order valence-electron chi connectivity index (χ1n) is 9.18. The third kappa shape index (κ3) is 4.32. The SMILES string of the molecule is O.O.O=C(c1c(O)c2c3sc4ccccc4c3ccc2n(-c2ccccc2)c1=O)C(F)(F)F.[Eu]. The molecule has 0 saturated carbocycles. The zero-order chi connectivity index (χ0) is 21.9. The molecule has 0 saturated heterocycles. The third-order valence-corrected chi connectivity index (χ3v) is 6.36. The Balaban J connectivity index is 0.00000136. The average molecular weight is 627 g/mol. The second-order valence-corrected chi connectivity index (χ2v) is 8.01. The summed E-state index contributed by atoms with van der Waals surface area (Å²) in [5.74, 6) is -3.33. The molecule has 6 nitrogen and oxygen atoms in total. The predicted octanol–water partition coefficient (Wildman–Crippen LogP) is 4.16. The molecule has 0 spiro atoms. The largest absolute Gasteiger partial charge is 0.506 e. The number of pyridine rings is 1. The number of halogens is 3. The molecule has 2 heterocycles. The second-order valence-electron chi connectivity index (χ2n) is 6.96. The van der Waals surface area contributed by atoms with Crippen LogP contribution in [0.4, 0.5) is 13.2 Å². The summed E-state index contributed by atoms with van der Waals surface area (Å²) in [5, 5.41) is 12.4. The molecule has 0 fully saturated rings. The van der Waals surface area contributed by atoms with Gasteiger partial charge in [-0.1, -0.05) is 42.5 Å². The van der Waals surface area contributed by atoms with Crippen LogP contribution in [-0.4, -0.2) is 32.6 Å². The number of Topliss-reactive ketones (excluding diaryl/α,β-unsaturated/α-hetero) is 1. The maximum Gasteiger partial charge on any atom is 0.455 e. The van der Waals surface area contributed by atoms with Gasteiger partial charge in [-0.3, -0.25) is 14.2 Å². The maximum absolute atomic E-state index is 13.3. The summed E-state index contributed by atoms with van der Waals surface area (Å²) in [5.41, 5.74) is -2.01. The number of fused-ring (bicyclic) bond motifs is 5. The van der Waals surface area contributed by atoms with Gasteiger partial charge in [0.25, 0.3) is 11.3 Å². The fourth-order valence-corrected chi connectivity index (χ4v) is 5.07. The Hall–Kier alpha value is -2.15. The van der Waals surface area contributed by atoms with E-state index in [-0.39, 0.29) is 76.9 Å². The van der Waals surface area contributed by atoms with E-state index < -0.39 is 28.8 Å². The molecule has 5 rings (SSSR count). The first-order chi connectivity index (χ1) is 14.8. The molecule has 0 aliphatic rings. The van der Waals surface area contributed by atoms with E-state index in [1.165, 1.54) is 11.3 Å². The number of aromatic hydroxyl groups is 1. The van der Waals surface area contributed by atoms with Gasteiger partial charge < -0.3 is 16.1 Å². The number of benzene rings is 3. The number of carbonyl (C=O) groups is 1. The minimum absolute atomic E-state index is 0. The van der Waals surface area contributed by atoms with Crippen LogP contribution in [0.5, 0.6) is 5.75 Å². The van der Waals surface area contributed by atoms with Crippen molar-refractivity contribution in [1.29, 1.82) is 0 Å². The van der Waals surface area contributed by atoms with Crippen LogP contribution in [0.15, 0.2) is 71.5 Å². The molecule has 34 heavy (non-hydrogen) atoms. The van der Waals surface area contributed by atoms with E-state index in [0.717, 1.165) is 14.7 Å². The fourth-order valence-electron chi connectivity index (χ4n) is 3.82. The number of para-hydroxylation sites is 1. The molecular formula is C23H16EuF3NO5S. The molecule has 0 atom stereocenters. The summed E-state index contributed by atoms with van der Waals surface area (Å²) < 4.78 is 42.3. The van der Waals surface area contributed by atoms with E-state index in [1.54, 1.807) is 42.5 Å². The number of nitrogens with zero attached hydrogens (tertiary/aromatic N) is 1. The zero-order valence-electron chi connectivity index (χ0n) is 17.0. The molecular weight excluding hydrogens is 611 g/mol. The quantitative estimate of drug-likeness (QED) is 0.296. The van der Waals surface area contributed by atoms with Crippen LogP contribution in [0, 0.1) is 49.4 Å². The number of hydrogen-bond acceptors (Lipinski definition) is 4. The van der Waals surface area contributed by atoms with Gasteiger partial charge in [0, 0.05) is 75.2 Å². The van der Waals surface area contributed by atoms with Crippen LogP contribution in [0.3, 0.4) is 0 Å². The first kappa shape index (κ1) is 28.1. The van der Waals surface area contributed by atoms with E-state index in [2.05, 4.69) is 0 Å². The molecule has 0 unspecified atom stereocenters. The number of aromatic nitrogens is 1. The van der Waals surface area contributed by atoms with Crippen LogP contribution >= 0.6 is 11.3 Å². The summed E-state index contributed by atoms with van der Waals surface area (Å²) in [4.78, 5) is 25.2. The molecule has 5 N–H and O–H groups in total. The minimum atomic E-state index is -5.31. The van der Waals surface area contributed by atoms with Gasteiger partial charge in [-0.05, 0) is 24.3 Å². The van der Waals surface area contributed by atoms with Crippen molar-refractivity contribution < 1.29 is 83.4 Å². The predicted molar refractivity (Wildman–Crippen MR) is 122 cm³/mol.